The van der Waals surface area contributed by atoms with Gasteiger partial charge in [-0.2, -0.15) is 4.31 Å². The molecule has 2 aliphatic carbocycles. The number of aliphatic hydroxyl groups excluding tert-OH is 2. The Hall–Kier alpha value is -5.31. The van der Waals surface area contributed by atoms with Crippen LogP contribution in [0.4, 0.5) is 5.69 Å². The zero-order valence-corrected chi connectivity index (χ0v) is 37.1. The molecule has 3 N–H and O–H groups in total. The number of amides is 1. The number of anilines is 1. The van der Waals surface area contributed by atoms with Gasteiger partial charge in [0.25, 0.3) is 0 Å². The van der Waals surface area contributed by atoms with E-state index in [1.165, 1.54) is 23.4 Å². The van der Waals surface area contributed by atoms with Crippen molar-refractivity contribution in [2.24, 2.45) is 22.9 Å². The summed E-state index contributed by atoms with van der Waals surface area (Å²) in [4.78, 5) is 17.6. The topological polar surface area (TPSA) is 156 Å². The number of rotatable bonds is 20. The van der Waals surface area contributed by atoms with E-state index in [-0.39, 0.29) is 54.8 Å². The minimum Gasteiger partial charge on any atom is -0.460 e. The van der Waals surface area contributed by atoms with Gasteiger partial charge >= 0.3 is 0 Å². The number of nitrogens with one attached hydrogen (secondary N) is 1. The summed E-state index contributed by atoms with van der Waals surface area (Å²) >= 11 is 0. The van der Waals surface area contributed by atoms with E-state index in [2.05, 4.69) is 30.1 Å². The molecule has 0 saturated heterocycles. The molecule has 6 atom stereocenters. The molecule has 0 bridgehead atoms. The van der Waals surface area contributed by atoms with E-state index < -0.39 is 27.8 Å². The van der Waals surface area contributed by atoms with Crippen molar-refractivity contribution in [3.05, 3.63) is 127 Å². The van der Waals surface area contributed by atoms with Crippen molar-refractivity contribution in [1.29, 1.82) is 0 Å². The number of aliphatic hydroxyl groups is 2. The van der Waals surface area contributed by atoms with E-state index in [1.807, 2.05) is 67.6 Å². The van der Waals surface area contributed by atoms with Crippen LogP contribution in [-0.2, 0) is 24.4 Å². The highest BCUT2D eigenvalue weighted by Crippen LogP contribution is 2.62. The van der Waals surface area contributed by atoms with Crippen molar-refractivity contribution in [1.82, 2.24) is 4.31 Å². The molecular formula is C50H59N3O9S. The molecule has 4 aromatic carbocycles. The molecule has 13 heteroatoms. The van der Waals surface area contributed by atoms with Gasteiger partial charge in [-0.15, -0.1) is 6.58 Å². The number of likely N-dealkylation sites (N-methyl/N-ethyl adjacent to an activating group) is 1. The molecule has 1 aliphatic heterocycles. The molecule has 0 aromatic heterocycles. The number of unbranched alkanes of at least 4 members (excludes halogenated alkanes) is 2. The highest BCUT2D eigenvalue weighted by molar-refractivity contribution is 7.89. The lowest BCUT2D eigenvalue weighted by Crippen LogP contribution is -2.69. The zero-order valence-electron chi connectivity index (χ0n) is 36.3. The summed E-state index contributed by atoms with van der Waals surface area (Å²) in [5.74, 6) is -0.831. The SMILES string of the molecule is C=CCOC12Oc3ccc(Oc4ccc(-c5ccccc5)cc4)cc3C3C(CCCCO)C(CCCCO)C=C(C(=NOCC)CC1N(C)S(=O)(=O)c1ccc(NC(C)=O)cc1)C32. The van der Waals surface area contributed by atoms with Gasteiger partial charge in [-0.3, -0.25) is 4.79 Å². The molecule has 334 valence electrons. The maximum atomic E-state index is 14.8. The summed E-state index contributed by atoms with van der Waals surface area (Å²) in [7, 11) is -2.67. The number of hydrogen-bond acceptors (Lipinski definition) is 10. The van der Waals surface area contributed by atoms with Gasteiger partial charge in [-0.1, -0.05) is 72.6 Å². The fourth-order valence-corrected chi connectivity index (χ4v) is 11.0. The highest BCUT2D eigenvalue weighted by Gasteiger charge is 2.65. The van der Waals surface area contributed by atoms with E-state index >= 15 is 0 Å². The molecule has 4 aromatic rings. The predicted molar refractivity (Wildman–Crippen MR) is 244 cm³/mol. The van der Waals surface area contributed by atoms with Gasteiger partial charge in [0.15, 0.2) is 0 Å². The number of oxime groups is 1. The molecule has 12 nitrogen and oxygen atoms in total. The lowest BCUT2D eigenvalue weighted by molar-refractivity contribution is -0.250. The monoisotopic (exact) mass is 877 g/mol. The number of nitrogens with zero attached hydrogens (tertiary/aromatic N) is 2. The summed E-state index contributed by atoms with van der Waals surface area (Å²) in [6.07, 6.45) is 8.41. The summed E-state index contributed by atoms with van der Waals surface area (Å²) in [6, 6.07) is 29.0. The largest absolute Gasteiger partial charge is 0.460 e. The molecule has 6 unspecified atom stereocenters. The number of carbonyl (C=O) groups is 1. The minimum atomic E-state index is -4.21. The van der Waals surface area contributed by atoms with Gasteiger partial charge in [0, 0.05) is 50.8 Å². The van der Waals surface area contributed by atoms with Crippen LogP contribution >= 0.6 is 0 Å². The molecule has 3 aliphatic rings. The summed E-state index contributed by atoms with van der Waals surface area (Å²) < 4.78 is 51.6. The average Bonchev–Trinajstić information content (AvgIpc) is 3.29. The molecule has 0 radical (unpaired) electrons. The quantitative estimate of drug-likeness (QED) is 0.0448. The fourth-order valence-electron chi connectivity index (χ4n) is 9.64. The number of allylic oxidation sites excluding steroid dienone is 1. The molecule has 1 heterocycles. The number of benzene rings is 4. The summed E-state index contributed by atoms with van der Waals surface area (Å²) in [6.45, 7) is 7.74. The second-order valence-corrected chi connectivity index (χ2v) is 18.4. The number of carbonyl (C=O) groups excluding carboxylic acids is 1. The number of hydrogen-bond donors (Lipinski definition) is 3. The van der Waals surface area contributed by atoms with Crippen molar-refractivity contribution >= 4 is 27.3 Å². The maximum Gasteiger partial charge on any atom is 0.243 e. The summed E-state index contributed by atoms with van der Waals surface area (Å²) in [5.41, 5.74) is 5.03. The third-order valence-corrected chi connectivity index (χ3v) is 14.3. The van der Waals surface area contributed by atoms with Crippen LogP contribution in [-0.4, -0.2) is 79.9 Å². The van der Waals surface area contributed by atoms with Crippen molar-refractivity contribution in [3.8, 4) is 28.4 Å². The van der Waals surface area contributed by atoms with Gasteiger partial charge in [-0.25, -0.2) is 8.42 Å². The zero-order chi connectivity index (χ0) is 44.6. The standard InChI is InChI=1S/C50H59N3O9S/c1-5-30-59-50-47(53(4)63(57,58)41-25-20-38(21-26-41)51-34(3)56)33-45(52-60-6-2)43-31-37(16-10-12-28-54)42(17-11-13-29-55)48(49(43)50)44-32-40(24-27-46(44)62-50)61-39-22-18-36(19-23-39)35-14-8-7-9-15-35/h5,7-9,14-15,18-27,31-32,37,42,47-49,54-55H,1,6,10-13,16-17,28-30,33H2,2-4H3,(H,51,56). The Kier molecular flexibility index (Phi) is 14.8. The molecule has 63 heavy (non-hydrogen) atoms. The van der Waals surface area contributed by atoms with Crippen LogP contribution in [0.2, 0.25) is 0 Å². The van der Waals surface area contributed by atoms with Crippen LogP contribution in [0.3, 0.4) is 0 Å². The number of ether oxygens (including phenoxy) is 3. The van der Waals surface area contributed by atoms with Crippen LogP contribution in [0.5, 0.6) is 17.2 Å². The Labute approximate surface area is 371 Å². The van der Waals surface area contributed by atoms with Gasteiger partial charge in [-0.05, 0) is 116 Å². The third kappa shape index (κ3) is 9.78. The van der Waals surface area contributed by atoms with Gasteiger partial charge in [0.2, 0.25) is 21.7 Å². The maximum absolute atomic E-state index is 14.8. The van der Waals surface area contributed by atoms with Crippen molar-refractivity contribution in [2.75, 3.05) is 38.8 Å². The van der Waals surface area contributed by atoms with Gasteiger partial charge in [0.05, 0.1) is 29.2 Å². The first-order chi connectivity index (χ1) is 30.5. The Morgan fingerprint density at radius 1 is 0.937 bits per heavy atom. The normalized spacial score (nSPS) is 23.2. The first kappa shape index (κ1) is 45.7. The van der Waals surface area contributed by atoms with E-state index in [9.17, 15) is 23.4 Å². The highest BCUT2D eigenvalue weighted by atomic mass is 32.2. The molecule has 1 saturated carbocycles. The van der Waals surface area contributed by atoms with Gasteiger partial charge in [0.1, 0.15) is 23.9 Å². The average molecular weight is 878 g/mol. The Balaban J connectivity index is 1.38. The van der Waals surface area contributed by atoms with Crippen LogP contribution in [0.25, 0.3) is 11.1 Å². The number of fused-ring (bicyclic) bond motifs is 2. The second kappa shape index (κ2) is 20.5. The van der Waals surface area contributed by atoms with Crippen molar-refractivity contribution in [3.63, 3.8) is 0 Å². The molecule has 7 rings (SSSR count). The second-order valence-electron chi connectivity index (χ2n) is 16.4. The first-order valence-electron chi connectivity index (χ1n) is 21.9. The molecule has 1 amide bonds. The number of sulfonamides is 1. The van der Waals surface area contributed by atoms with Crippen LogP contribution in [0.1, 0.15) is 70.3 Å². The Morgan fingerprint density at radius 3 is 2.29 bits per heavy atom. The Bertz CT molecular complexity index is 2370. The predicted octanol–water partition coefficient (Wildman–Crippen LogP) is 9.08. The van der Waals surface area contributed by atoms with E-state index in [0.717, 1.165) is 47.9 Å². The van der Waals surface area contributed by atoms with Crippen LogP contribution < -0.4 is 14.8 Å². The van der Waals surface area contributed by atoms with E-state index in [1.54, 1.807) is 25.3 Å². The Morgan fingerprint density at radius 2 is 1.62 bits per heavy atom. The molecule has 0 spiro atoms. The third-order valence-electron chi connectivity index (χ3n) is 12.4. The summed E-state index contributed by atoms with van der Waals surface area (Å²) in [5, 5.41) is 27.2. The first-order valence-corrected chi connectivity index (χ1v) is 23.4. The van der Waals surface area contributed by atoms with Crippen molar-refractivity contribution < 1.29 is 42.5 Å². The van der Waals surface area contributed by atoms with Crippen LogP contribution in [0, 0.1) is 17.8 Å². The fraction of sp³-hybridized carbons (Fsp3) is 0.400. The smallest absolute Gasteiger partial charge is 0.243 e. The minimum absolute atomic E-state index is 0.00548. The van der Waals surface area contributed by atoms with Crippen LogP contribution in [0.15, 0.2) is 131 Å². The molecular weight excluding hydrogens is 819 g/mol. The lowest BCUT2D eigenvalue weighted by atomic mass is 9.55. The van der Waals surface area contributed by atoms with E-state index in [4.69, 9.17) is 24.2 Å². The molecule has 1 fully saturated rings. The van der Waals surface area contributed by atoms with E-state index in [0.29, 0.717) is 48.1 Å². The van der Waals surface area contributed by atoms with Gasteiger partial charge < -0.3 is 34.6 Å². The van der Waals surface area contributed by atoms with Crippen molar-refractivity contribution in [2.45, 2.75) is 81.4 Å². The lowest BCUT2D eigenvalue weighted by Gasteiger charge is -2.59.